The highest BCUT2D eigenvalue weighted by molar-refractivity contribution is 5.83. The highest BCUT2D eigenvalue weighted by atomic mass is 16.4. The van der Waals surface area contributed by atoms with Gasteiger partial charge in [0, 0.05) is 12.8 Å². The molecule has 0 fully saturated rings. The van der Waals surface area contributed by atoms with Gasteiger partial charge in [0.25, 0.3) is 0 Å². The second-order valence-corrected chi connectivity index (χ2v) is 3.30. The number of unbranched alkanes of at least 4 members (excludes halogenated alkanes) is 1. The van der Waals surface area contributed by atoms with Crippen molar-refractivity contribution in [3.63, 3.8) is 0 Å². The summed E-state index contributed by atoms with van der Waals surface area (Å²) >= 11 is 0. The molecule has 0 radical (unpaired) electrons. The van der Waals surface area contributed by atoms with E-state index in [2.05, 4.69) is 11.2 Å². The lowest BCUT2D eigenvalue weighted by Crippen LogP contribution is -2.40. The van der Waals surface area contributed by atoms with Crippen molar-refractivity contribution in [2.24, 2.45) is 0 Å². The molecule has 0 aliphatic carbocycles. The van der Waals surface area contributed by atoms with Crippen molar-refractivity contribution in [3.8, 4) is 12.3 Å². The summed E-state index contributed by atoms with van der Waals surface area (Å²) in [7, 11) is 0. The zero-order chi connectivity index (χ0) is 11.7. The first-order valence-corrected chi connectivity index (χ1v) is 5.07. The summed E-state index contributed by atoms with van der Waals surface area (Å²) in [5.74, 6) is 1.05. The third kappa shape index (κ3) is 6.55. The molecule has 4 nitrogen and oxygen atoms in total. The predicted molar refractivity (Wildman–Crippen MR) is 57.2 cm³/mol. The first-order chi connectivity index (χ1) is 7.11. The van der Waals surface area contributed by atoms with Crippen LogP contribution in [0, 0.1) is 12.3 Å². The van der Waals surface area contributed by atoms with E-state index in [1.54, 1.807) is 0 Å². The van der Waals surface area contributed by atoms with E-state index in [1.165, 1.54) is 0 Å². The van der Waals surface area contributed by atoms with Crippen molar-refractivity contribution in [2.75, 3.05) is 0 Å². The highest BCUT2D eigenvalue weighted by Gasteiger charge is 2.18. The van der Waals surface area contributed by atoms with E-state index in [0.717, 1.165) is 12.8 Å². The molecular weight excluding hydrogens is 194 g/mol. The zero-order valence-corrected chi connectivity index (χ0v) is 8.95. The molecule has 0 aromatic carbocycles. The van der Waals surface area contributed by atoms with E-state index < -0.39 is 12.0 Å². The highest BCUT2D eigenvalue weighted by Crippen LogP contribution is 2.01. The Morgan fingerprint density at radius 3 is 2.67 bits per heavy atom. The smallest absolute Gasteiger partial charge is 0.326 e. The van der Waals surface area contributed by atoms with Crippen molar-refractivity contribution in [1.29, 1.82) is 0 Å². The molecule has 84 valence electrons. The summed E-state index contributed by atoms with van der Waals surface area (Å²) in [6.07, 6.45) is 7.68. The Morgan fingerprint density at radius 1 is 1.53 bits per heavy atom. The summed E-state index contributed by atoms with van der Waals surface area (Å²) in [6.45, 7) is 1.97. The zero-order valence-electron chi connectivity index (χ0n) is 8.95. The molecule has 1 amide bonds. The maximum atomic E-state index is 11.2. The van der Waals surface area contributed by atoms with E-state index in [-0.39, 0.29) is 12.3 Å². The minimum absolute atomic E-state index is 0.187. The van der Waals surface area contributed by atoms with E-state index in [1.807, 2.05) is 6.92 Å². The van der Waals surface area contributed by atoms with Gasteiger partial charge in [0.1, 0.15) is 6.04 Å². The number of terminal acetylenes is 1. The maximum absolute atomic E-state index is 11.2. The second-order valence-electron chi connectivity index (χ2n) is 3.30. The SMILES string of the molecule is C#CCCC(=O)NC(CCCC)C(=O)O. The van der Waals surface area contributed by atoms with Gasteiger partial charge in [-0.3, -0.25) is 4.79 Å². The van der Waals surface area contributed by atoms with Crippen LogP contribution in [0.5, 0.6) is 0 Å². The number of carboxylic acids is 1. The number of amides is 1. The molecule has 1 unspecified atom stereocenters. The van der Waals surface area contributed by atoms with Crippen LogP contribution in [-0.2, 0) is 9.59 Å². The van der Waals surface area contributed by atoms with Crippen LogP contribution in [0.15, 0.2) is 0 Å². The van der Waals surface area contributed by atoms with Crippen LogP contribution in [0.3, 0.4) is 0 Å². The van der Waals surface area contributed by atoms with Gasteiger partial charge in [-0.15, -0.1) is 12.3 Å². The van der Waals surface area contributed by atoms with Gasteiger partial charge < -0.3 is 10.4 Å². The minimum Gasteiger partial charge on any atom is -0.480 e. The Labute approximate surface area is 90.1 Å². The molecule has 0 rings (SSSR count). The third-order valence-corrected chi connectivity index (χ3v) is 1.98. The first-order valence-electron chi connectivity index (χ1n) is 5.07. The summed E-state index contributed by atoms with van der Waals surface area (Å²) in [4.78, 5) is 22.0. The predicted octanol–water partition coefficient (Wildman–Crippen LogP) is 1.16. The van der Waals surface area contributed by atoms with Gasteiger partial charge in [-0.1, -0.05) is 19.8 Å². The van der Waals surface area contributed by atoms with Gasteiger partial charge in [-0.25, -0.2) is 4.79 Å². The second kappa shape index (κ2) is 7.86. The van der Waals surface area contributed by atoms with E-state index in [9.17, 15) is 9.59 Å². The van der Waals surface area contributed by atoms with Gasteiger partial charge in [0.05, 0.1) is 0 Å². The quantitative estimate of drug-likeness (QED) is 0.621. The van der Waals surface area contributed by atoms with Crippen LogP contribution in [-0.4, -0.2) is 23.0 Å². The van der Waals surface area contributed by atoms with Gasteiger partial charge in [0.2, 0.25) is 5.91 Å². The number of carbonyl (C=O) groups is 2. The lowest BCUT2D eigenvalue weighted by atomic mass is 10.1. The average molecular weight is 211 g/mol. The number of hydrogen-bond acceptors (Lipinski definition) is 2. The molecule has 0 aromatic rings. The minimum atomic E-state index is -0.988. The van der Waals surface area contributed by atoms with Crippen LogP contribution in [0.25, 0.3) is 0 Å². The molecule has 2 N–H and O–H groups in total. The van der Waals surface area contributed by atoms with Crippen LogP contribution in [0.1, 0.15) is 39.0 Å². The number of carbonyl (C=O) groups excluding carboxylic acids is 1. The Bertz CT molecular complexity index is 255. The Kier molecular flexibility index (Phi) is 7.08. The van der Waals surface area contributed by atoms with Gasteiger partial charge >= 0.3 is 5.97 Å². The summed E-state index contributed by atoms with van der Waals surface area (Å²) < 4.78 is 0. The Hall–Kier alpha value is -1.50. The molecule has 4 heteroatoms. The van der Waals surface area contributed by atoms with Crippen LogP contribution in [0.2, 0.25) is 0 Å². The fourth-order valence-corrected chi connectivity index (χ4v) is 1.12. The largest absolute Gasteiger partial charge is 0.480 e. The molecule has 0 aliphatic rings. The van der Waals surface area contributed by atoms with Crippen molar-refractivity contribution in [1.82, 2.24) is 5.32 Å². The van der Waals surface area contributed by atoms with Crippen LogP contribution >= 0.6 is 0 Å². The van der Waals surface area contributed by atoms with E-state index in [0.29, 0.717) is 12.8 Å². The summed E-state index contributed by atoms with van der Waals surface area (Å²) in [5, 5.41) is 11.3. The molecule has 0 saturated carbocycles. The Morgan fingerprint density at radius 2 is 2.20 bits per heavy atom. The summed E-state index contributed by atoms with van der Waals surface area (Å²) in [5.41, 5.74) is 0. The number of nitrogens with one attached hydrogen (secondary N) is 1. The third-order valence-electron chi connectivity index (χ3n) is 1.98. The maximum Gasteiger partial charge on any atom is 0.326 e. The first kappa shape index (κ1) is 13.5. The molecule has 0 spiro atoms. The number of aliphatic carboxylic acids is 1. The number of carboxylic acid groups (broad SMARTS) is 1. The molecular formula is C11H17NO3. The molecule has 15 heavy (non-hydrogen) atoms. The fraction of sp³-hybridized carbons (Fsp3) is 0.636. The van der Waals surface area contributed by atoms with E-state index >= 15 is 0 Å². The summed E-state index contributed by atoms with van der Waals surface area (Å²) in [6, 6.07) is -0.782. The van der Waals surface area contributed by atoms with Crippen molar-refractivity contribution in [2.45, 2.75) is 45.1 Å². The van der Waals surface area contributed by atoms with Crippen molar-refractivity contribution >= 4 is 11.9 Å². The fourth-order valence-electron chi connectivity index (χ4n) is 1.12. The van der Waals surface area contributed by atoms with Gasteiger partial charge in [-0.2, -0.15) is 0 Å². The molecule has 0 saturated heterocycles. The van der Waals surface area contributed by atoms with Gasteiger partial charge in [0.15, 0.2) is 0 Å². The van der Waals surface area contributed by atoms with Crippen LogP contribution in [0.4, 0.5) is 0 Å². The molecule has 0 aromatic heterocycles. The topological polar surface area (TPSA) is 66.4 Å². The average Bonchev–Trinajstić information content (AvgIpc) is 2.20. The van der Waals surface area contributed by atoms with Crippen molar-refractivity contribution < 1.29 is 14.7 Å². The Balaban J connectivity index is 3.99. The normalized spacial score (nSPS) is 11.5. The molecule has 0 heterocycles. The lowest BCUT2D eigenvalue weighted by molar-refractivity contribution is -0.142. The molecule has 1 atom stereocenters. The van der Waals surface area contributed by atoms with Crippen LogP contribution < -0.4 is 5.32 Å². The monoisotopic (exact) mass is 211 g/mol. The van der Waals surface area contributed by atoms with E-state index in [4.69, 9.17) is 11.5 Å². The molecule has 0 aliphatic heterocycles. The number of hydrogen-bond donors (Lipinski definition) is 2. The standard InChI is InChI=1S/C11H17NO3/c1-3-5-7-9(11(14)15)12-10(13)8-6-4-2/h2,9H,3,5-8H2,1H3,(H,12,13)(H,14,15). The lowest BCUT2D eigenvalue weighted by Gasteiger charge is -2.13. The van der Waals surface area contributed by atoms with Gasteiger partial charge in [-0.05, 0) is 6.42 Å². The number of rotatable bonds is 7. The molecule has 0 bridgehead atoms. The van der Waals surface area contributed by atoms with Crippen molar-refractivity contribution in [3.05, 3.63) is 0 Å².